The highest BCUT2D eigenvalue weighted by molar-refractivity contribution is 9.10. The Labute approximate surface area is 109 Å². The average molecular weight is 306 g/mol. The van der Waals surface area contributed by atoms with Crippen molar-refractivity contribution < 1.29 is 14.2 Å². The van der Waals surface area contributed by atoms with E-state index in [1.54, 1.807) is 13.2 Å². The molecule has 3 nitrogen and oxygen atoms in total. The van der Waals surface area contributed by atoms with Crippen molar-refractivity contribution in [1.29, 1.82) is 0 Å². The van der Waals surface area contributed by atoms with Gasteiger partial charge in [0.1, 0.15) is 5.82 Å². The number of hydrogen-bond donors (Lipinski definition) is 2. The molecule has 1 atom stereocenters. The van der Waals surface area contributed by atoms with Crippen LogP contribution in [0.25, 0.3) is 0 Å². The second-order valence-corrected chi connectivity index (χ2v) is 4.75. The Hall–Kier alpha value is -0.490. The normalized spacial score (nSPS) is 12.7. The van der Waals surface area contributed by atoms with Gasteiger partial charge in [0.05, 0.1) is 12.7 Å². The van der Waals surface area contributed by atoms with Gasteiger partial charge in [-0.2, -0.15) is 0 Å². The zero-order valence-electron chi connectivity index (χ0n) is 9.75. The largest absolute Gasteiger partial charge is 0.391 e. The second-order valence-electron chi connectivity index (χ2n) is 3.83. The van der Waals surface area contributed by atoms with Gasteiger partial charge in [0.25, 0.3) is 0 Å². The number of halogens is 2. The van der Waals surface area contributed by atoms with Crippen LogP contribution in [0.1, 0.15) is 5.56 Å². The quantitative estimate of drug-likeness (QED) is 0.754. The smallest absolute Gasteiger partial charge is 0.124 e. The first-order valence-corrected chi connectivity index (χ1v) is 6.24. The molecule has 1 unspecified atom stereocenters. The molecule has 1 aromatic rings. The van der Waals surface area contributed by atoms with Gasteiger partial charge in [-0.1, -0.05) is 15.9 Å². The predicted octanol–water partition coefficient (Wildman–Crippen LogP) is 1.73. The van der Waals surface area contributed by atoms with Crippen LogP contribution in [0.2, 0.25) is 0 Å². The summed E-state index contributed by atoms with van der Waals surface area (Å²) in [7, 11) is 1.63. The fourth-order valence-electron chi connectivity index (χ4n) is 1.52. The van der Waals surface area contributed by atoms with Gasteiger partial charge in [-0.25, -0.2) is 4.39 Å². The van der Waals surface area contributed by atoms with Crippen molar-refractivity contribution in [2.24, 2.45) is 0 Å². The minimum Gasteiger partial charge on any atom is -0.391 e. The molecule has 0 saturated heterocycles. The summed E-state index contributed by atoms with van der Waals surface area (Å²) in [6, 6.07) is 4.64. The highest BCUT2D eigenvalue weighted by Gasteiger charge is 2.07. The van der Waals surface area contributed by atoms with E-state index in [1.807, 2.05) is 0 Å². The maximum atomic E-state index is 13.1. The summed E-state index contributed by atoms with van der Waals surface area (Å²) in [5, 5.41) is 12.8. The number of nitrogens with one attached hydrogen (secondary N) is 1. The van der Waals surface area contributed by atoms with E-state index < -0.39 is 6.10 Å². The fourth-order valence-corrected chi connectivity index (χ4v) is 2.03. The molecule has 0 aromatic heterocycles. The maximum absolute atomic E-state index is 13.1. The lowest BCUT2D eigenvalue weighted by atomic mass is 10.1. The van der Waals surface area contributed by atoms with Crippen LogP contribution in [-0.2, 0) is 11.2 Å². The summed E-state index contributed by atoms with van der Waals surface area (Å²) in [6.45, 7) is 1.77. The van der Waals surface area contributed by atoms with Crippen molar-refractivity contribution in [3.8, 4) is 0 Å². The predicted molar refractivity (Wildman–Crippen MR) is 68.6 cm³/mol. The second kappa shape index (κ2) is 7.76. The molecule has 0 bridgehead atoms. The van der Waals surface area contributed by atoms with Gasteiger partial charge < -0.3 is 15.2 Å². The van der Waals surface area contributed by atoms with Crippen LogP contribution in [0.4, 0.5) is 4.39 Å². The molecule has 0 heterocycles. The number of aliphatic hydroxyl groups is 1. The van der Waals surface area contributed by atoms with E-state index >= 15 is 0 Å². The number of methoxy groups -OCH3 is 1. The molecule has 0 aliphatic carbocycles. The fraction of sp³-hybridized carbons (Fsp3) is 0.500. The maximum Gasteiger partial charge on any atom is 0.124 e. The van der Waals surface area contributed by atoms with Crippen molar-refractivity contribution in [2.75, 3.05) is 26.8 Å². The summed E-state index contributed by atoms with van der Waals surface area (Å²) in [6.07, 6.45) is -0.100. The van der Waals surface area contributed by atoms with Gasteiger partial charge in [-0.15, -0.1) is 0 Å². The zero-order valence-corrected chi connectivity index (χ0v) is 11.3. The molecular weight excluding hydrogens is 289 g/mol. The van der Waals surface area contributed by atoms with Gasteiger partial charge in [-0.3, -0.25) is 0 Å². The molecule has 0 saturated carbocycles. The first-order valence-electron chi connectivity index (χ1n) is 5.44. The van der Waals surface area contributed by atoms with E-state index in [-0.39, 0.29) is 5.82 Å². The van der Waals surface area contributed by atoms with Crippen LogP contribution in [0, 0.1) is 5.82 Å². The molecule has 0 spiro atoms. The van der Waals surface area contributed by atoms with Crippen molar-refractivity contribution >= 4 is 15.9 Å². The standard InChI is InChI=1S/C12H17BrFNO2/c1-17-3-2-15-8-12(16)6-9-4-10(13)7-11(14)5-9/h4-5,7,12,15-16H,2-3,6,8H2,1H3. The van der Waals surface area contributed by atoms with Gasteiger partial charge in [0.2, 0.25) is 0 Å². The number of hydrogen-bond acceptors (Lipinski definition) is 3. The monoisotopic (exact) mass is 305 g/mol. The molecule has 0 radical (unpaired) electrons. The van der Waals surface area contributed by atoms with E-state index in [4.69, 9.17) is 4.74 Å². The first-order chi connectivity index (χ1) is 8.11. The Kier molecular flexibility index (Phi) is 6.65. The van der Waals surface area contributed by atoms with Crippen LogP contribution < -0.4 is 5.32 Å². The number of rotatable bonds is 7. The van der Waals surface area contributed by atoms with Gasteiger partial charge in [0.15, 0.2) is 0 Å². The summed E-state index contributed by atoms with van der Waals surface area (Å²) in [5.74, 6) is -0.297. The lowest BCUT2D eigenvalue weighted by Gasteiger charge is -2.12. The lowest BCUT2D eigenvalue weighted by Crippen LogP contribution is -2.30. The van der Waals surface area contributed by atoms with Crippen LogP contribution in [0.5, 0.6) is 0 Å². The third-order valence-electron chi connectivity index (χ3n) is 2.26. The van der Waals surface area contributed by atoms with Crippen molar-refractivity contribution in [2.45, 2.75) is 12.5 Å². The molecular formula is C12H17BrFNO2. The molecule has 2 N–H and O–H groups in total. The van der Waals surface area contributed by atoms with Crippen molar-refractivity contribution in [3.63, 3.8) is 0 Å². The molecule has 0 fully saturated rings. The Balaban J connectivity index is 2.36. The molecule has 0 amide bonds. The van der Waals surface area contributed by atoms with Gasteiger partial charge in [0, 0.05) is 24.7 Å². The SMILES string of the molecule is COCCNCC(O)Cc1cc(F)cc(Br)c1. The van der Waals surface area contributed by atoms with E-state index in [1.165, 1.54) is 12.1 Å². The molecule has 17 heavy (non-hydrogen) atoms. The third-order valence-corrected chi connectivity index (χ3v) is 2.71. The topological polar surface area (TPSA) is 41.5 Å². The van der Waals surface area contributed by atoms with E-state index in [0.717, 1.165) is 5.56 Å². The van der Waals surface area contributed by atoms with Gasteiger partial charge >= 0.3 is 0 Å². The Morgan fingerprint density at radius 2 is 2.24 bits per heavy atom. The zero-order chi connectivity index (χ0) is 12.7. The summed E-state index contributed by atoms with van der Waals surface area (Å²) in [4.78, 5) is 0. The summed E-state index contributed by atoms with van der Waals surface area (Å²) >= 11 is 3.22. The Morgan fingerprint density at radius 3 is 2.88 bits per heavy atom. The highest BCUT2D eigenvalue weighted by Crippen LogP contribution is 2.16. The van der Waals surface area contributed by atoms with E-state index in [2.05, 4.69) is 21.2 Å². The molecule has 5 heteroatoms. The Morgan fingerprint density at radius 1 is 1.47 bits per heavy atom. The highest BCUT2D eigenvalue weighted by atomic mass is 79.9. The lowest BCUT2D eigenvalue weighted by molar-refractivity contribution is 0.160. The minimum atomic E-state index is -0.527. The summed E-state index contributed by atoms with van der Waals surface area (Å²) < 4.78 is 18.6. The molecule has 0 aliphatic heterocycles. The van der Waals surface area contributed by atoms with E-state index in [0.29, 0.717) is 30.6 Å². The third kappa shape index (κ3) is 6.12. The Bertz CT molecular complexity index is 329. The molecule has 1 aromatic carbocycles. The number of benzene rings is 1. The van der Waals surface area contributed by atoms with Crippen LogP contribution in [0.15, 0.2) is 22.7 Å². The van der Waals surface area contributed by atoms with Crippen molar-refractivity contribution in [3.05, 3.63) is 34.1 Å². The number of aliphatic hydroxyl groups excluding tert-OH is 1. The van der Waals surface area contributed by atoms with Crippen LogP contribution >= 0.6 is 15.9 Å². The summed E-state index contributed by atoms with van der Waals surface area (Å²) in [5.41, 5.74) is 0.776. The van der Waals surface area contributed by atoms with E-state index in [9.17, 15) is 9.50 Å². The molecule has 96 valence electrons. The minimum absolute atomic E-state index is 0.297. The molecule has 0 aliphatic rings. The van der Waals surface area contributed by atoms with Crippen molar-refractivity contribution in [1.82, 2.24) is 5.32 Å². The van der Waals surface area contributed by atoms with Crippen LogP contribution in [-0.4, -0.2) is 38.0 Å². The first kappa shape index (κ1) is 14.6. The number of ether oxygens (including phenoxy) is 1. The molecule has 1 rings (SSSR count). The average Bonchev–Trinajstić information content (AvgIpc) is 2.23. The van der Waals surface area contributed by atoms with Gasteiger partial charge in [-0.05, 0) is 30.2 Å². The van der Waals surface area contributed by atoms with Crippen LogP contribution in [0.3, 0.4) is 0 Å².